The largest absolute Gasteiger partial charge is 0.338 e. The molecule has 0 saturated carbocycles. The predicted octanol–water partition coefficient (Wildman–Crippen LogP) is 3.81. The van der Waals surface area contributed by atoms with Crippen molar-refractivity contribution in [1.29, 1.82) is 0 Å². The van der Waals surface area contributed by atoms with E-state index in [0.29, 0.717) is 45.4 Å². The van der Waals surface area contributed by atoms with Crippen LogP contribution in [-0.2, 0) is 21.4 Å². The van der Waals surface area contributed by atoms with Crippen LogP contribution in [0.15, 0.2) is 59.5 Å². The van der Waals surface area contributed by atoms with E-state index in [1.165, 1.54) is 22.5 Å². The van der Waals surface area contributed by atoms with Gasteiger partial charge in [-0.25, -0.2) is 12.8 Å². The van der Waals surface area contributed by atoms with Gasteiger partial charge in [0.25, 0.3) is 0 Å². The van der Waals surface area contributed by atoms with Crippen molar-refractivity contribution in [2.75, 3.05) is 19.6 Å². The Labute approximate surface area is 177 Å². The van der Waals surface area contributed by atoms with Crippen LogP contribution in [0.5, 0.6) is 0 Å². The smallest absolute Gasteiger partial charge is 0.245 e. The Kier molecular flexibility index (Phi) is 5.93. The molecule has 0 N–H and O–H groups in total. The third-order valence-electron chi connectivity index (χ3n) is 6.59. The normalized spacial score (nSPS) is 20.3. The number of amides is 1. The highest BCUT2D eigenvalue weighted by molar-refractivity contribution is 7.89. The molecule has 2 aliphatic heterocycles. The Bertz CT molecular complexity index is 1000. The minimum atomic E-state index is -3.84. The third-order valence-corrected chi connectivity index (χ3v) is 8.52. The van der Waals surface area contributed by atoms with Gasteiger partial charge in [0.15, 0.2) is 0 Å². The molecule has 0 atom stereocenters. The van der Waals surface area contributed by atoms with E-state index in [9.17, 15) is 17.6 Å². The van der Waals surface area contributed by atoms with Crippen molar-refractivity contribution >= 4 is 15.9 Å². The quantitative estimate of drug-likeness (QED) is 0.741. The summed E-state index contributed by atoms with van der Waals surface area (Å²) in [6.45, 7) is 2.03. The maximum Gasteiger partial charge on any atom is 0.245 e. The van der Waals surface area contributed by atoms with Crippen molar-refractivity contribution in [2.45, 2.75) is 43.5 Å². The van der Waals surface area contributed by atoms with E-state index in [2.05, 4.69) is 0 Å². The summed E-state index contributed by atoms with van der Waals surface area (Å²) in [5.74, 6) is -0.550. The number of benzene rings is 2. The van der Waals surface area contributed by atoms with Gasteiger partial charge in [-0.15, -0.1) is 0 Å². The number of halogens is 1. The number of carbonyl (C=O) groups excluding carboxylic acids is 1. The second-order valence-electron chi connectivity index (χ2n) is 8.39. The maximum atomic E-state index is 14.1. The molecule has 0 aliphatic carbocycles. The molecule has 2 aliphatic rings. The molecule has 30 heavy (non-hydrogen) atoms. The number of sulfonamides is 1. The molecule has 2 aromatic carbocycles. The number of nitrogens with zero attached hydrogens (tertiary/aromatic N) is 2. The molecular weight excluding hydrogens is 403 g/mol. The van der Waals surface area contributed by atoms with E-state index in [1.54, 1.807) is 6.07 Å². The zero-order valence-corrected chi connectivity index (χ0v) is 17.8. The van der Waals surface area contributed by atoms with Crippen molar-refractivity contribution in [3.8, 4) is 0 Å². The fourth-order valence-corrected chi connectivity index (χ4v) is 6.12. The molecule has 0 aromatic heterocycles. The standard InChI is InChI=1S/C23H27FN2O3S/c24-20-8-4-5-9-21(20)30(28,29)26-16-13-23(14-17-26)11-10-22(27)25(15-12-23)18-19-6-2-1-3-7-19/h1-9H,10-18H2. The van der Waals surface area contributed by atoms with Gasteiger partial charge >= 0.3 is 0 Å². The molecule has 4 rings (SSSR count). The fourth-order valence-electron chi connectivity index (χ4n) is 4.62. The molecule has 7 heteroatoms. The van der Waals surface area contributed by atoms with E-state index in [4.69, 9.17) is 0 Å². The van der Waals surface area contributed by atoms with Gasteiger partial charge in [-0.05, 0) is 48.8 Å². The van der Waals surface area contributed by atoms with Crippen LogP contribution in [0.2, 0.25) is 0 Å². The fraction of sp³-hybridized carbons (Fsp3) is 0.435. The third kappa shape index (κ3) is 4.27. The lowest BCUT2D eigenvalue weighted by Gasteiger charge is -2.40. The summed E-state index contributed by atoms with van der Waals surface area (Å²) in [5.41, 5.74) is 1.09. The number of rotatable bonds is 4. The van der Waals surface area contributed by atoms with Gasteiger partial charge in [0.1, 0.15) is 10.7 Å². The van der Waals surface area contributed by atoms with Gasteiger partial charge < -0.3 is 4.90 Å². The molecular formula is C23H27FN2O3S. The average Bonchev–Trinajstić information content (AvgIpc) is 2.90. The Morgan fingerprint density at radius 2 is 1.50 bits per heavy atom. The first-order valence-electron chi connectivity index (χ1n) is 10.5. The molecule has 0 radical (unpaired) electrons. The minimum Gasteiger partial charge on any atom is -0.338 e. The van der Waals surface area contributed by atoms with Crippen molar-refractivity contribution in [3.05, 3.63) is 66.0 Å². The lowest BCUT2D eigenvalue weighted by atomic mass is 9.73. The SMILES string of the molecule is O=C1CCC2(CCN1Cc1ccccc1)CCN(S(=O)(=O)c1ccccc1F)CC2. The van der Waals surface area contributed by atoms with Crippen LogP contribution < -0.4 is 0 Å². The number of hydrogen-bond acceptors (Lipinski definition) is 3. The van der Waals surface area contributed by atoms with E-state index >= 15 is 0 Å². The first-order valence-corrected chi connectivity index (χ1v) is 11.9. The molecule has 2 aromatic rings. The van der Waals surface area contributed by atoms with Gasteiger partial charge in [0.05, 0.1) is 0 Å². The predicted molar refractivity (Wildman–Crippen MR) is 113 cm³/mol. The summed E-state index contributed by atoms with van der Waals surface area (Å²) in [7, 11) is -3.84. The second kappa shape index (κ2) is 8.47. The first kappa shape index (κ1) is 21.0. The summed E-state index contributed by atoms with van der Waals surface area (Å²) in [4.78, 5) is 14.3. The molecule has 160 valence electrons. The molecule has 1 spiro atoms. The van der Waals surface area contributed by atoms with Crippen LogP contribution in [0.1, 0.15) is 37.7 Å². The minimum absolute atomic E-state index is 0.0254. The van der Waals surface area contributed by atoms with E-state index in [0.717, 1.165) is 18.4 Å². The Morgan fingerprint density at radius 1 is 0.867 bits per heavy atom. The number of hydrogen-bond donors (Lipinski definition) is 0. The van der Waals surface area contributed by atoms with E-state index in [-0.39, 0.29) is 16.2 Å². The molecule has 1 amide bonds. The highest BCUT2D eigenvalue weighted by atomic mass is 32.2. The highest BCUT2D eigenvalue weighted by Crippen LogP contribution is 2.42. The van der Waals surface area contributed by atoms with Gasteiger partial charge in [-0.2, -0.15) is 4.31 Å². The first-order chi connectivity index (χ1) is 14.4. The summed E-state index contributed by atoms with van der Waals surface area (Å²) in [6.07, 6.45) is 3.55. The second-order valence-corrected chi connectivity index (χ2v) is 10.3. The molecule has 2 fully saturated rings. The molecule has 0 bridgehead atoms. The van der Waals surface area contributed by atoms with Gasteiger partial charge in [0.2, 0.25) is 15.9 Å². The van der Waals surface area contributed by atoms with Crippen LogP contribution in [0.25, 0.3) is 0 Å². The van der Waals surface area contributed by atoms with Gasteiger partial charge in [0, 0.05) is 32.6 Å². The lowest BCUT2D eigenvalue weighted by molar-refractivity contribution is -0.131. The van der Waals surface area contributed by atoms with Crippen LogP contribution in [-0.4, -0.2) is 43.2 Å². The summed E-state index contributed by atoms with van der Waals surface area (Å²) >= 11 is 0. The molecule has 2 heterocycles. The Hall–Kier alpha value is -2.25. The van der Waals surface area contributed by atoms with Gasteiger partial charge in [-0.3, -0.25) is 4.79 Å². The Morgan fingerprint density at radius 3 is 2.20 bits per heavy atom. The lowest BCUT2D eigenvalue weighted by Crippen LogP contribution is -2.43. The van der Waals surface area contributed by atoms with Crippen LogP contribution in [0, 0.1) is 11.2 Å². The van der Waals surface area contributed by atoms with Crippen molar-refractivity contribution < 1.29 is 17.6 Å². The van der Waals surface area contributed by atoms with E-state index < -0.39 is 15.8 Å². The molecule has 0 unspecified atom stereocenters. The highest BCUT2D eigenvalue weighted by Gasteiger charge is 2.41. The summed E-state index contributed by atoms with van der Waals surface area (Å²) < 4.78 is 41.2. The zero-order chi connectivity index (χ0) is 21.2. The molecule has 2 saturated heterocycles. The summed E-state index contributed by atoms with van der Waals surface area (Å²) in [5, 5.41) is 0. The number of carbonyl (C=O) groups is 1. The van der Waals surface area contributed by atoms with E-state index in [1.807, 2.05) is 35.2 Å². The monoisotopic (exact) mass is 430 g/mol. The Balaban J connectivity index is 1.42. The number of piperidine rings is 1. The van der Waals surface area contributed by atoms with Crippen molar-refractivity contribution in [2.24, 2.45) is 5.41 Å². The maximum absolute atomic E-state index is 14.1. The zero-order valence-electron chi connectivity index (χ0n) is 17.0. The van der Waals surface area contributed by atoms with Crippen molar-refractivity contribution in [3.63, 3.8) is 0 Å². The topological polar surface area (TPSA) is 57.7 Å². The number of likely N-dealkylation sites (tertiary alicyclic amines) is 1. The van der Waals surface area contributed by atoms with Crippen LogP contribution in [0.3, 0.4) is 0 Å². The van der Waals surface area contributed by atoms with Crippen LogP contribution in [0.4, 0.5) is 4.39 Å². The summed E-state index contributed by atoms with van der Waals surface area (Å²) in [6, 6.07) is 15.5. The van der Waals surface area contributed by atoms with Gasteiger partial charge in [-0.1, -0.05) is 42.5 Å². The average molecular weight is 431 g/mol. The van der Waals surface area contributed by atoms with Crippen molar-refractivity contribution in [1.82, 2.24) is 9.21 Å². The molecule has 5 nitrogen and oxygen atoms in total. The van der Waals surface area contributed by atoms with Crippen LogP contribution >= 0.6 is 0 Å².